The maximum Gasteiger partial charge on any atom is 0.282 e. The lowest BCUT2D eigenvalue weighted by atomic mass is 10.2. The number of ether oxygens (including phenoxy) is 2. The van der Waals surface area contributed by atoms with Gasteiger partial charge in [0.2, 0.25) is 18.6 Å². The van der Waals surface area contributed by atoms with Gasteiger partial charge in [-0.25, -0.2) is 8.78 Å². The summed E-state index contributed by atoms with van der Waals surface area (Å²) in [6, 6.07) is 6.61. The molecular weight excluding hydrogens is 322 g/mol. The van der Waals surface area contributed by atoms with Crippen molar-refractivity contribution in [3.8, 4) is 23.0 Å². The number of fused-ring (bicyclic) bond motifs is 1. The molecule has 0 fully saturated rings. The van der Waals surface area contributed by atoms with Crippen LogP contribution in [0.15, 0.2) is 28.7 Å². The molecule has 1 aliphatic heterocycles. The minimum Gasteiger partial charge on any atom is -0.454 e. The average Bonchev–Trinajstić information content (AvgIpc) is 3.27. The molecule has 0 bridgehead atoms. The Morgan fingerprint density at radius 3 is 2.79 bits per heavy atom. The zero-order chi connectivity index (χ0) is 16.7. The molecule has 0 radical (unpaired) electrons. The van der Waals surface area contributed by atoms with Crippen molar-refractivity contribution in [2.45, 2.75) is 19.9 Å². The third-order valence-electron chi connectivity index (χ3n) is 3.60. The molecule has 4 rings (SSSR count). The first kappa shape index (κ1) is 14.6. The summed E-state index contributed by atoms with van der Waals surface area (Å²) >= 11 is 0. The molecule has 7 nitrogen and oxygen atoms in total. The van der Waals surface area contributed by atoms with Gasteiger partial charge in [-0.15, -0.1) is 10.2 Å². The number of hydrogen-bond donors (Lipinski definition) is 0. The van der Waals surface area contributed by atoms with Crippen LogP contribution in [0, 0.1) is 6.92 Å². The van der Waals surface area contributed by atoms with E-state index in [1.165, 1.54) is 10.7 Å². The number of aromatic nitrogens is 4. The van der Waals surface area contributed by atoms with Crippen LogP contribution in [0.4, 0.5) is 8.78 Å². The maximum atomic E-state index is 12.7. The predicted molar refractivity (Wildman–Crippen MR) is 76.9 cm³/mol. The van der Waals surface area contributed by atoms with Crippen molar-refractivity contribution in [2.24, 2.45) is 0 Å². The fourth-order valence-corrected chi connectivity index (χ4v) is 2.39. The predicted octanol–water partition coefficient (Wildman–Crippen LogP) is 2.96. The van der Waals surface area contributed by atoms with E-state index in [1.807, 2.05) is 0 Å². The Bertz CT molecular complexity index is 891. The maximum absolute atomic E-state index is 12.7. The van der Waals surface area contributed by atoms with Crippen LogP contribution >= 0.6 is 0 Å². The number of aryl methyl sites for hydroxylation is 1. The van der Waals surface area contributed by atoms with Crippen LogP contribution in [0.25, 0.3) is 11.5 Å². The van der Waals surface area contributed by atoms with Gasteiger partial charge in [-0.2, -0.15) is 5.10 Å². The number of halogens is 2. The molecule has 124 valence electrons. The molecule has 3 aromatic rings. The van der Waals surface area contributed by atoms with Crippen molar-refractivity contribution in [2.75, 3.05) is 6.79 Å². The summed E-state index contributed by atoms with van der Waals surface area (Å²) < 4.78 is 42.9. The quantitative estimate of drug-likeness (QED) is 0.730. The molecule has 1 aliphatic rings. The van der Waals surface area contributed by atoms with Gasteiger partial charge in [0.1, 0.15) is 12.2 Å². The lowest BCUT2D eigenvalue weighted by Crippen LogP contribution is -2.04. The topological polar surface area (TPSA) is 75.2 Å². The molecule has 1 aromatic carbocycles. The number of alkyl halides is 2. The second-order valence-corrected chi connectivity index (χ2v) is 5.24. The van der Waals surface area contributed by atoms with Crippen molar-refractivity contribution in [1.82, 2.24) is 20.0 Å². The van der Waals surface area contributed by atoms with Crippen molar-refractivity contribution < 1.29 is 22.7 Å². The molecule has 0 saturated heterocycles. The van der Waals surface area contributed by atoms with E-state index in [0.29, 0.717) is 28.6 Å². The van der Waals surface area contributed by atoms with Gasteiger partial charge >= 0.3 is 0 Å². The lowest BCUT2D eigenvalue weighted by molar-refractivity contribution is 0.145. The van der Waals surface area contributed by atoms with Gasteiger partial charge in [0.15, 0.2) is 11.5 Å². The highest BCUT2D eigenvalue weighted by atomic mass is 19.3. The van der Waals surface area contributed by atoms with Crippen LogP contribution in [-0.4, -0.2) is 26.8 Å². The number of benzene rings is 1. The molecule has 0 unspecified atom stereocenters. The molecule has 0 spiro atoms. The van der Waals surface area contributed by atoms with Crippen LogP contribution in [0.3, 0.4) is 0 Å². The van der Waals surface area contributed by atoms with Gasteiger partial charge < -0.3 is 13.9 Å². The molecule has 2 aromatic heterocycles. The molecular formula is C15H12F2N4O3. The summed E-state index contributed by atoms with van der Waals surface area (Å²) in [7, 11) is 0. The third kappa shape index (κ3) is 2.57. The van der Waals surface area contributed by atoms with E-state index in [4.69, 9.17) is 13.9 Å². The van der Waals surface area contributed by atoms with Gasteiger partial charge in [-0.1, -0.05) is 0 Å². The van der Waals surface area contributed by atoms with Crippen LogP contribution in [0.5, 0.6) is 11.5 Å². The minimum absolute atomic E-state index is 0.121. The molecule has 0 N–H and O–H groups in total. The third-order valence-corrected chi connectivity index (χ3v) is 3.60. The Balaban J connectivity index is 1.57. The Hall–Kier alpha value is -2.97. The van der Waals surface area contributed by atoms with E-state index in [0.717, 1.165) is 0 Å². The fraction of sp³-hybridized carbons (Fsp3) is 0.267. The largest absolute Gasteiger partial charge is 0.454 e. The summed E-state index contributed by atoms with van der Waals surface area (Å²) in [4.78, 5) is 0. The standard InChI is InChI=1S/C15H12F2N4O3/c1-8-4-10(14(16)17)20-21(8)6-13-18-19-15(24-13)9-2-3-11-12(5-9)23-7-22-11/h2-5,14H,6-7H2,1H3. The van der Waals surface area contributed by atoms with E-state index < -0.39 is 6.43 Å². The Morgan fingerprint density at radius 2 is 2.00 bits per heavy atom. The summed E-state index contributed by atoms with van der Waals surface area (Å²) in [6.07, 6.45) is -2.61. The van der Waals surface area contributed by atoms with Crippen molar-refractivity contribution in [3.05, 3.63) is 41.5 Å². The van der Waals surface area contributed by atoms with Crippen molar-refractivity contribution in [1.29, 1.82) is 0 Å². The Morgan fingerprint density at radius 1 is 1.17 bits per heavy atom. The van der Waals surface area contributed by atoms with E-state index in [-0.39, 0.29) is 24.9 Å². The number of hydrogen-bond acceptors (Lipinski definition) is 6. The van der Waals surface area contributed by atoms with Crippen molar-refractivity contribution >= 4 is 0 Å². The van der Waals surface area contributed by atoms with E-state index in [9.17, 15) is 8.78 Å². The molecule has 9 heteroatoms. The first-order valence-electron chi connectivity index (χ1n) is 7.15. The zero-order valence-electron chi connectivity index (χ0n) is 12.6. The molecule has 3 heterocycles. The number of rotatable bonds is 4. The highest BCUT2D eigenvalue weighted by Gasteiger charge is 2.18. The minimum atomic E-state index is -2.61. The van der Waals surface area contributed by atoms with Gasteiger partial charge in [0, 0.05) is 11.3 Å². The monoisotopic (exact) mass is 334 g/mol. The van der Waals surface area contributed by atoms with Crippen molar-refractivity contribution in [3.63, 3.8) is 0 Å². The van der Waals surface area contributed by atoms with Gasteiger partial charge in [-0.05, 0) is 31.2 Å². The summed E-state index contributed by atoms with van der Waals surface area (Å²) in [5, 5.41) is 11.8. The Kier molecular flexibility index (Phi) is 3.40. The summed E-state index contributed by atoms with van der Waals surface area (Å²) in [6.45, 7) is 1.99. The molecule has 0 amide bonds. The van der Waals surface area contributed by atoms with Crippen LogP contribution in [-0.2, 0) is 6.54 Å². The van der Waals surface area contributed by atoms with Gasteiger partial charge in [-0.3, -0.25) is 4.68 Å². The average molecular weight is 334 g/mol. The smallest absolute Gasteiger partial charge is 0.282 e. The summed E-state index contributed by atoms with van der Waals surface area (Å²) in [5.41, 5.74) is 1.000. The first-order chi connectivity index (χ1) is 11.6. The summed E-state index contributed by atoms with van der Waals surface area (Å²) in [5.74, 6) is 1.85. The number of nitrogens with zero attached hydrogens (tertiary/aromatic N) is 4. The molecule has 0 saturated carbocycles. The highest BCUT2D eigenvalue weighted by molar-refractivity contribution is 5.60. The van der Waals surface area contributed by atoms with Gasteiger partial charge in [0.25, 0.3) is 6.43 Å². The molecule has 0 atom stereocenters. The molecule has 0 aliphatic carbocycles. The fourth-order valence-electron chi connectivity index (χ4n) is 2.39. The van der Waals surface area contributed by atoms with Crippen LogP contribution in [0.1, 0.15) is 23.7 Å². The normalized spacial score (nSPS) is 13.0. The molecule has 24 heavy (non-hydrogen) atoms. The SMILES string of the molecule is Cc1cc(C(F)F)nn1Cc1nnc(-c2ccc3c(c2)OCO3)o1. The van der Waals surface area contributed by atoms with E-state index >= 15 is 0 Å². The van der Waals surface area contributed by atoms with Gasteiger partial charge in [0.05, 0.1) is 0 Å². The zero-order valence-corrected chi connectivity index (χ0v) is 12.6. The highest BCUT2D eigenvalue weighted by Crippen LogP contribution is 2.35. The first-order valence-corrected chi connectivity index (χ1v) is 7.15. The second-order valence-electron chi connectivity index (χ2n) is 5.24. The lowest BCUT2D eigenvalue weighted by Gasteiger charge is -2.00. The van der Waals surface area contributed by atoms with E-state index in [2.05, 4.69) is 15.3 Å². The van der Waals surface area contributed by atoms with Crippen LogP contribution < -0.4 is 9.47 Å². The Labute approximate surface area is 134 Å². The van der Waals surface area contributed by atoms with Crippen LogP contribution in [0.2, 0.25) is 0 Å². The van der Waals surface area contributed by atoms with E-state index in [1.54, 1.807) is 25.1 Å². The second kappa shape index (κ2) is 5.59.